The molecule has 2 unspecified atom stereocenters. The average Bonchev–Trinajstić information content (AvgIpc) is 2.30. The van der Waals surface area contributed by atoms with Gasteiger partial charge in [-0.3, -0.25) is 0 Å². The Balaban J connectivity index is 2.65. The Labute approximate surface area is 98.7 Å². The first-order valence-corrected chi connectivity index (χ1v) is 6.19. The summed E-state index contributed by atoms with van der Waals surface area (Å²) in [7, 11) is 0. The van der Waals surface area contributed by atoms with Gasteiger partial charge in [0.1, 0.15) is 0 Å². The summed E-state index contributed by atoms with van der Waals surface area (Å²) in [6.45, 7) is 7.11. The quantitative estimate of drug-likeness (QED) is 0.774. The molecule has 0 aromatic heterocycles. The number of aliphatic hydroxyl groups is 1. The molecule has 0 aliphatic heterocycles. The van der Waals surface area contributed by atoms with E-state index in [1.807, 2.05) is 26.0 Å². The van der Waals surface area contributed by atoms with Gasteiger partial charge < -0.3 is 10.4 Å². The van der Waals surface area contributed by atoms with Gasteiger partial charge >= 0.3 is 0 Å². The second kappa shape index (κ2) is 6.66. The zero-order valence-electron chi connectivity index (χ0n) is 10.5. The molecule has 0 heterocycles. The lowest BCUT2D eigenvalue weighted by atomic mass is 10.0. The van der Waals surface area contributed by atoms with Gasteiger partial charge in [0.2, 0.25) is 0 Å². The average molecular weight is 221 g/mol. The standard InChI is InChI=1S/C14H23NO/c1-4-6-12-7-9-13(10-8-12)14(16)11(3)15-5-2/h7-11,14-16H,4-6H2,1-3H3. The number of rotatable bonds is 6. The molecule has 2 N–H and O–H groups in total. The number of aryl methyl sites for hydroxylation is 1. The van der Waals surface area contributed by atoms with Crippen molar-refractivity contribution in [1.29, 1.82) is 0 Å². The summed E-state index contributed by atoms with van der Waals surface area (Å²) in [6.07, 6.45) is 1.85. The fourth-order valence-corrected chi connectivity index (χ4v) is 1.89. The Morgan fingerprint density at radius 3 is 2.31 bits per heavy atom. The molecule has 1 aromatic rings. The number of nitrogens with one attached hydrogen (secondary N) is 1. The van der Waals surface area contributed by atoms with Crippen molar-refractivity contribution < 1.29 is 5.11 Å². The van der Waals surface area contributed by atoms with Crippen LogP contribution in [-0.2, 0) is 6.42 Å². The highest BCUT2D eigenvalue weighted by atomic mass is 16.3. The zero-order valence-corrected chi connectivity index (χ0v) is 10.5. The predicted octanol–water partition coefficient (Wildman–Crippen LogP) is 2.67. The molecule has 2 heteroatoms. The van der Waals surface area contributed by atoms with Gasteiger partial charge in [-0.1, -0.05) is 44.5 Å². The first-order valence-electron chi connectivity index (χ1n) is 6.19. The van der Waals surface area contributed by atoms with Gasteiger partial charge in [-0.25, -0.2) is 0 Å². The van der Waals surface area contributed by atoms with Crippen molar-refractivity contribution in [2.24, 2.45) is 0 Å². The molecule has 0 saturated heterocycles. The smallest absolute Gasteiger partial charge is 0.0940 e. The monoisotopic (exact) mass is 221 g/mol. The van der Waals surface area contributed by atoms with Crippen LogP contribution >= 0.6 is 0 Å². The van der Waals surface area contributed by atoms with E-state index in [-0.39, 0.29) is 6.04 Å². The lowest BCUT2D eigenvalue weighted by Gasteiger charge is -2.20. The third-order valence-electron chi connectivity index (χ3n) is 2.86. The van der Waals surface area contributed by atoms with Gasteiger partial charge in [0.15, 0.2) is 0 Å². The molecule has 1 rings (SSSR count). The van der Waals surface area contributed by atoms with E-state index in [2.05, 4.69) is 24.4 Å². The van der Waals surface area contributed by atoms with Crippen LogP contribution in [0.5, 0.6) is 0 Å². The van der Waals surface area contributed by atoms with E-state index in [0.29, 0.717) is 0 Å². The van der Waals surface area contributed by atoms with E-state index in [1.165, 1.54) is 5.56 Å². The van der Waals surface area contributed by atoms with Crippen molar-refractivity contribution in [2.75, 3.05) is 6.54 Å². The molecular formula is C14H23NO. The van der Waals surface area contributed by atoms with Crippen molar-refractivity contribution in [1.82, 2.24) is 5.32 Å². The Bertz CT molecular complexity index is 294. The van der Waals surface area contributed by atoms with Gasteiger partial charge in [0.25, 0.3) is 0 Å². The molecule has 0 fully saturated rings. The van der Waals surface area contributed by atoms with Crippen LogP contribution in [0.4, 0.5) is 0 Å². The summed E-state index contributed by atoms with van der Waals surface area (Å²) in [5, 5.41) is 13.3. The Hall–Kier alpha value is -0.860. The Morgan fingerprint density at radius 1 is 1.19 bits per heavy atom. The SMILES string of the molecule is CCCc1ccc(C(O)C(C)NCC)cc1. The van der Waals surface area contributed by atoms with Gasteiger partial charge in [-0.15, -0.1) is 0 Å². The van der Waals surface area contributed by atoms with E-state index in [1.54, 1.807) is 0 Å². The maximum Gasteiger partial charge on any atom is 0.0940 e. The van der Waals surface area contributed by atoms with Crippen LogP contribution < -0.4 is 5.32 Å². The Morgan fingerprint density at radius 2 is 1.81 bits per heavy atom. The maximum atomic E-state index is 10.1. The highest BCUT2D eigenvalue weighted by Gasteiger charge is 2.14. The summed E-state index contributed by atoms with van der Waals surface area (Å²) in [4.78, 5) is 0. The van der Waals surface area contributed by atoms with Crippen LogP contribution in [0.2, 0.25) is 0 Å². The van der Waals surface area contributed by atoms with Crippen molar-refractivity contribution in [3.63, 3.8) is 0 Å². The summed E-state index contributed by atoms with van der Waals surface area (Å²) in [5.74, 6) is 0. The van der Waals surface area contributed by atoms with Crippen molar-refractivity contribution in [3.8, 4) is 0 Å². The van der Waals surface area contributed by atoms with Crippen LogP contribution in [0.1, 0.15) is 44.4 Å². The third-order valence-corrected chi connectivity index (χ3v) is 2.86. The fraction of sp³-hybridized carbons (Fsp3) is 0.571. The summed E-state index contributed by atoms with van der Waals surface area (Å²) in [5.41, 5.74) is 2.34. The van der Waals surface area contributed by atoms with Gasteiger partial charge in [0.05, 0.1) is 6.10 Å². The molecule has 0 spiro atoms. The number of likely N-dealkylation sites (N-methyl/N-ethyl adjacent to an activating group) is 1. The predicted molar refractivity (Wildman–Crippen MR) is 68.5 cm³/mol. The van der Waals surface area contributed by atoms with Crippen LogP contribution in [0.25, 0.3) is 0 Å². The minimum atomic E-state index is -0.421. The molecule has 2 atom stereocenters. The van der Waals surface area contributed by atoms with Gasteiger partial charge in [-0.05, 0) is 31.0 Å². The van der Waals surface area contributed by atoms with Gasteiger partial charge in [-0.2, -0.15) is 0 Å². The molecule has 0 bridgehead atoms. The number of hydrogen-bond donors (Lipinski definition) is 2. The molecule has 0 amide bonds. The second-order valence-electron chi connectivity index (χ2n) is 4.28. The first kappa shape index (κ1) is 13.2. The fourth-order valence-electron chi connectivity index (χ4n) is 1.89. The molecule has 1 aromatic carbocycles. The maximum absolute atomic E-state index is 10.1. The largest absolute Gasteiger partial charge is 0.387 e. The van der Waals surface area contributed by atoms with E-state index in [0.717, 1.165) is 24.9 Å². The Kier molecular flexibility index (Phi) is 5.50. The van der Waals surface area contributed by atoms with Crippen LogP contribution in [0.15, 0.2) is 24.3 Å². The van der Waals surface area contributed by atoms with E-state index < -0.39 is 6.10 Å². The topological polar surface area (TPSA) is 32.3 Å². The molecule has 0 radical (unpaired) electrons. The highest BCUT2D eigenvalue weighted by molar-refractivity contribution is 5.25. The van der Waals surface area contributed by atoms with Crippen LogP contribution in [-0.4, -0.2) is 17.7 Å². The number of aliphatic hydroxyl groups excluding tert-OH is 1. The van der Waals surface area contributed by atoms with Crippen molar-refractivity contribution in [2.45, 2.75) is 45.8 Å². The summed E-state index contributed by atoms with van der Waals surface area (Å²) >= 11 is 0. The molecule has 0 saturated carbocycles. The lowest BCUT2D eigenvalue weighted by Crippen LogP contribution is -2.31. The lowest BCUT2D eigenvalue weighted by molar-refractivity contribution is 0.137. The third kappa shape index (κ3) is 3.62. The van der Waals surface area contributed by atoms with E-state index >= 15 is 0 Å². The molecule has 16 heavy (non-hydrogen) atoms. The summed E-state index contributed by atoms with van der Waals surface area (Å²) in [6, 6.07) is 8.39. The van der Waals surface area contributed by atoms with Crippen molar-refractivity contribution >= 4 is 0 Å². The molecular weight excluding hydrogens is 198 g/mol. The van der Waals surface area contributed by atoms with Crippen LogP contribution in [0.3, 0.4) is 0 Å². The summed E-state index contributed by atoms with van der Waals surface area (Å²) < 4.78 is 0. The molecule has 90 valence electrons. The molecule has 2 nitrogen and oxygen atoms in total. The normalized spacial score (nSPS) is 14.8. The second-order valence-corrected chi connectivity index (χ2v) is 4.28. The first-order chi connectivity index (χ1) is 7.69. The minimum Gasteiger partial charge on any atom is -0.387 e. The zero-order chi connectivity index (χ0) is 12.0. The highest BCUT2D eigenvalue weighted by Crippen LogP contribution is 2.17. The number of benzene rings is 1. The molecule has 0 aliphatic rings. The molecule has 0 aliphatic carbocycles. The van der Waals surface area contributed by atoms with E-state index in [9.17, 15) is 5.11 Å². The van der Waals surface area contributed by atoms with Gasteiger partial charge in [0, 0.05) is 6.04 Å². The van der Waals surface area contributed by atoms with E-state index in [4.69, 9.17) is 0 Å². The minimum absolute atomic E-state index is 0.0991. The van der Waals surface area contributed by atoms with Crippen LogP contribution in [0, 0.1) is 0 Å². The van der Waals surface area contributed by atoms with Crippen molar-refractivity contribution in [3.05, 3.63) is 35.4 Å². The number of hydrogen-bond acceptors (Lipinski definition) is 2.